The van der Waals surface area contributed by atoms with Crippen molar-refractivity contribution in [1.82, 2.24) is 29.8 Å². The van der Waals surface area contributed by atoms with Gasteiger partial charge >= 0.3 is 0 Å². The van der Waals surface area contributed by atoms with Gasteiger partial charge < -0.3 is 15.5 Å². The largest absolute Gasteiger partial charge is 0.382 e. The van der Waals surface area contributed by atoms with Gasteiger partial charge in [0.2, 0.25) is 5.13 Å². The van der Waals surface area contributed by atoms with E-state index in [1.165, 1.54) is 6.07 Å². The summed E-state index contributed by atoms with van der Waals surface area (Å²) in [5.74, 6) is 0.786. The van der Waals surface area contributed by atoms with E-state index in [1.54, 1.807) is 34.3 Å². The van der Waals surface area contributed by atoms with E-state index < -0.39 is 0 Å². The lowest BCUT2D eigenvalue weighted by molar-refractivity contribution is 0.375. The second kappa shape index (κ2) is 10.6. The van der Waals surface area contributed by atoms with E-state index in [0.717, 1.165) is 64.2 Å². The van der Waals surface area contributed by atoms with Gasteiger partial charge in [0.05, 0.1) is 34.2 Å². The molecule has 2 bridgehead atoms. The predicted octanol–water partition coefficient (Wildman–Crippen LogP) is 5.47. The van der Waals surface area contributed by atoms with Gasteiger partial charge in [-0.15, -0.1) is 10.2 Å². The van der Waals surface area contributed by atoms with Crippen LogP contribution in [0, 0.1) is 29.0 Å². The van der Waals surface area contributed by atoms with E-state index in [9.17, 15) is 9.65 Å². The quantitative estimate of drug-likeness (QED) is 0.258. The number of pyridine rings is 2. The third-order valence-electron chi connectivity index (χ3n) is 8.05. The van der Waals surface area contributed by atoms with Crippen LogP contribution in [0.1, 0.15) is 32.3 Å². The zero-order valence-corrected chi connectivity index (χ0v) is 24.0. The molecule has 1 aliphatic carbocycles. The average molecular weight is 581 g/mol. The van der Waals surface area contributed by atoms with Crippen molar-refractivity contribution in [2.75, 3.05) is 28.6 Å². The van der Waals surface area contributed by atoms with Crippen molar-refractivity contribution in [1.29, 1.82) is 5.26 Å². The van der Waals surface area contributed by atoms with Crippen LogP contribution in [-0.2, 0) is 0 Å². The summed E-state index contributed by atoms with van der Waals surface area (Å²) in [7, 11) is 0. The van der Waals surface area contributed by atoms with E-state index in [2.05, 4.69) is 55.7 Å². The molecule has 1 aliphatic heterocycles. The van der Waals surface area contributed by atoms with Crippen LogP contribution in [0.4, 0.5) is 21.0 Å². The highest BCUT2D eigenvalue weighted by atomic mass is 32.1. The summed E-state index contributed by atoms with van der Waals surface area (Å²) >= 11 is 1.57. The molecule has 1 saturated heterocycles. The van der Waals surface area contributed by atoms with Gasteiger partial charge in [-0.2, -0.15) is 10.4 Å². The fourth-order valence-electron chi connectivity index (χ4n) is 6.17. The molecule has 1 saturated carbocycles. The monoisotopic (exact) mass is 580 g/mol. The van der Waals surface area contributed by atoms with Crippen molar-refractivity contribution < 1.29 is 4.39 Å². The number of piperidine rings is 1. The number of halogens is 1. The van der Waals surface area contributed by atoms with Crippen molar-refractivity contribution >= 4 is 33.5 Å². The molecule has 0 unspecified atom stereocenters. The SMILES string of the molecule is CC(C)Nc1cc(-c2ccc3cc(C#N)cnn23)ncc1-c1nnc(N2C[C@H]3CC[C@@H](C2)[C@H]3Nc2ncccc2F)s1. The molecule has 12 heteroatoms. The van der Waals surface area contributed by atoms with Crippen LogP contribution in [0.2, 0.25) is 0 Å². The summed E-state index contributed by atoms with van der Waals surface area (Å²) in [6.45, 7) is 5.87. The molecular weight excluding hydrogens is 551 g/mol. The van der Waals surface area contributed by atoms with Crippen LogP contribution in [-0.4, -0.2) is 55.0 Å². The maximum absolute atomic E-state index is 14.3. The van der Waals surface area contributed by atoms with Gasteiger partial charge in [-0.25, -0.2) is 13.9 Å². The normalized spacial score (nSPS) is 19.8. The van der Waals surface area contributed by atoms with Crippen molar-refractivity contribution in [3.63, 3.8) is 0 Å². The van der Waals surface area contributed by atoms with E-state index >= 15 is 0 Å². The predicted molar refractivity (Wildman–Crippen MR) is 161 cm³/mol. The van der Waals surface area contributed by atoms with Crippen LogP contribution in [0.5, 0.6) is 0 Å². The van der Waals surface area contributed by atoms with Crippen LogP contribution >= 0.6 is 11.3 Å². The van der Waals surface area contributed by atoms with Crippen molar-refractivity contribution in [2.45, 2.75) is 38.8 Å². The Labute approximate surface area is 246 Å². The average Bonchev–Trinajstić information content (AvgIpc) is 3.69. The third kappa shape index (κ3) is 4.79. The minimum absolute atomic E-state index is 0.192. The molecule has 2 aliphatic rings. The van der Waals surface area contributed by atoms with Gasteiger partial charge in [0.25, 0.3) is 0 Å². The Morgan fingerprint density at radius 3 is 2.67 bits per heavy atom. The molecule has 0 radical (unpaired) electrons. The lowest BCUT2D eigenvalue weighted by atomic mass is 9.92. The molecule has 7 rings (SSSR count). The van der Waals surface area contributed by atoms with Crippen LogP contribution in [0.15, 0.2) is 55.0 Å². The second-order valence-corrected chi connectivity index (χ2v) is 12.2. The Morgan fingerprint density at radius 1 is 1.07 bits per heavy atom. The molecular formula is C30H29FN10S. The Hall–Kier alpha value is -4.63. The number of hydrogen-bond donors (Lipinski definition) is 2. The van der Waals surface area contributed by atoms with Crippen LogP contribution in [0.3, 0.4) is 0 Å². The highest BCUT2D eigenvalue weighted by Gasteiger charge is 2.43. The summed E-state index contributed by atoms with van der Waals surface area (Å²) in [5.41, 5.74) is 4.76. The van der Waals surface area contributed by atoms with Crippen molar-refractivity contribution in [3.8, 4) is 28.0 Å². The molecule has 10 nitrogen and oxygen atoms in total. The number of rotatable bonds is 7. The lowest BCUT2D eigenvalue weighted by Gasteiger charge is -2.38. The Bertz CT molecular complexity index is 1790. The zero-order valence-electron chi connectivity index (χ0n) is 23.2. The van der Waals surface area contributed by atoms with Gasteiger partial charge in [0, 0.05) is 43.3 Å². The van der Waals surface area contributed by atoms with Gasteiger partial charge in [-0.05, 0) is 74.9 Å². The maximum atomic E-state index is 14.3. The summed E-state index contributed by atoms with van der Waals surface area (Å²) in [6.07, 6.45) is 7.21. The highest BCUT2D eigenvalue weighted by molar-refractivity contribution is 7.18. The minimum atomic E-state index is -0.312. The number of aromatic nitrogens is 6. The molecule has 3 atom stereocenters. The Balaban J connectivity index is 1.14. The first-order valence-corrected chi connectivity index (χ1v) is 14.9. The molecule has 5 aromatic rings. The summed E-state index contributed by atoms with van der Waals surface area (Å²) in [4.78, 5) is 11.3. The standard InChI is InChI=1S/C30H29FN10S/c1-17(2)36-24-11-25(26-8-7-21-10-18(12-32)13-35-41(21)26)34-14-22(24)29-38-39-30(42-29)40-15-19-5-6-20(16-40)27(19)37-28-23(31)4-3-9-33-28/h3-4,7-11,13-14,17,19-20,27H,5-6,15-16H2,1-2H3,(H,33,37)(H,34,36)/t19-,20+,27+. The maximum Gasteiger partial charge on any atom is 0.208 e. The molecule has 2 N–H and O–H groups in total. The van der Waals surface area contributed by atoms with Crippen molar-refractivity contribution in [3.05, 3.63) is 66.4 Å². The molecule has 2 fully saturated rings. The third-order valence-corrected chi connectivity index (χ3v) is 9.07. The number of hydrogen-bond acceptors (Lipinski definition) is 10. The molecule has 5 aromatic heterocycles. The smallest absolute Gasteiger partial charge is 0.208 e. The number of nitriles is 1. The highest BCUT2D eigenvalue weighted by Crippen LogP contribution is 2.42. The molecule has 6 heterocycles. The zero-order chi connectivity index (χ0) is 28.8. The molecule has 212 valence electrons. The molecule has 0 aromatic carbocycles. The van der Waals surface area contributed by atoms with Crippen LogP contribution in [0.25, 0.3) is 27.5 Å². The summed E-state index contributed by atoms with van der Waals surface area (Å²) in [5, 5.41) is 31.5. The van der Waals surface area contributed by atoms with E-state index in [-0.39, 0.29) is 17.9 Å². The summed E-state index contributed by atoms with van der Waals surface area (Å²) < 4.78 is 16.1. The second-order valence-electron chi connectivity index (χ2n) is 11.2. The number of fused-ring (bicyclic) bond motifs is 3. The first-order chi connectivity index (χ1) is 20.5. The van der Waals surface area contributed by atoms with E-state index in [0.29, 0.717) is 23.2 Å². The number of nitrogens with zero attached hydrogens (tertiary/aromatic N) is 8. The number of anilines is 3. The number of nitrogens with one attached hydrogen (secondary N) is 2. The first-order valence-electron chi connectivity index (χ1n) is 14.1. The topological polar surface area (TPSA) is 120 Å². The van der Waals surface area contributed by atoms with Gasteiger partial charge in [0.1, 0.15) is 6.07 Å². The molecule has 0 amide bonds. The molecule has 42 heavy (non-hydrogen) atoms. The van der Waals surface area contributed by atoms with E-state index in [4.69, 9.17) is 4.98 Å². The fourth-order valence-corrected chi connectivity index (χ4v) is 7.05. The Morgan fingerprint density at radius 2 is 1.90 bits per heavy atom. The van der Waals surface area contributed by atoms with Crippen molar-refractivity contribution in [2.24, 2.45) is 11.8 Å². The van der Waals surface area contributed by atoms with Gasteiger partial charge in [0.15, 0.2) is 16.6 Å². The Kier molecular flexibility index (Phi) is 6.66. The molecule has 0 spiro atoms. The van der Waals surface area contributed by atoms with Gasteiger partial charge in [-0.3, -0.25) is 4.98 Å². The lowest BCUT2D eigenvalue weighted by Crippen LogP contribution is -2.48. The van der Waals surface area contributed by atoms with E-state index in [1.807, 2.05) is 30.5 Å². The van der Waals surface area contributed by atoms with Crippen LogP contribution < -0.4 is 15.5 Å². The fraction of sp³-hybridized carbons (Fsp3) is 0.333. The minimum Gasteiger partial charge on any atom is -0.382 e. The summed E-state index contributed by atoms with van der Waals surface area (Å²) in [6, 6.07) is 13.3. The first kappa shape index (κ1) is 26.3. The van der Waals surface area contributed by atoms with Gasteiger partial charge in [-0.1, -0.05) is 11.3 Å².